The van der Waals surface area contributed by atoms with Crippen LogP contribution in [-0.2, 0) is 4.74 Å². The second kappa shape index (κ2) is 1.06. The highest BCUT2D eigenvalue weighted by atomic mass is 16.6. The first-order valence-corrected chi connectivity index (χ1v) is 3.16. The van der Waals surface area contributed by atoms with Gasteiger partial charge in [-0.3, -0.25) is 0 Å². The fourth-order valence-electron chi connectivity index (χ4n) is 1.36. The number of fused-ring (bicyclic) bond motifs is 1. The molecule has 0 spiro atoms. The maximum atomic E-state index is 5.30. The second-order valence-corrected chi connectivity index (χ2v) is 3.41. The first-order chi connectivity index (χ1) is 4.05. The van der Waals surface area contributed by atoms with Crippen molar-refractivity contribution in [2.24, 2.45) is 10.2 Å². The Morgan fingerprint density at radius 2 is 1.89 bits per heavy atom. The summed E-state index contributed by atoms with van der Waals surface area (Å²) in [5, 5.41) is 8.07. The van der Waals surface area contributed by atoms with Crippen molar-refractivity contribution in [1.29, 1.82) is 0 Å². The van der Waals surface area contributed by atoms with E-state index in [4.69, 9.17) is 4.74 Å². The molecule has 50 valence electrons. The van der Waals surface area contributed by atoms with Gasteiger partial charge in [-0.1, -0.05) is 0 Å². The minimum atomic E-state index is -0.247. The van der Waals surface area contributed by atoms with Crippen molar-refractivity contribution >= 4 is 0 Å². The largest absolute Gasteiger partial charge is 0.339 e. The molecule has 0 bridgehead atoms. The van der Waals surface area contributed by atoms with E-state index in [1.54, 1.807) is 0 Å². The summed E-state index contributed by atoms with van der Waals surface area (Å²) < 4.78 is 5.30. The molecule has 2 rings (SSSR count). The van der Waals surface area contributed by atoms with Crippen LogP contribution in [0.15, 0.2) is 10.2 Å². The van der Waals surface area contributed by atoms with Crippen molar-refractivity contribution in [3.05, 3.63) is 0 Å². The molecule has 0 aromatic heterocycles. The van der Waals surface area contributed by atoms with E-state index in [0.717, 1.165) is 0 Å². The predicted molar refractivity (Wildman–Crippen MR) is 32.2 cm³/mol. The molecule has 1 fully saturated rings. The van der Waals surface area contributed by atoms with Crippen molar-refractivity contribution in [3.8, 4) is 0 Å². The Morgan fingerprint density at radius 1 is 1.22 bits per heavy atom. The van der Waals surface area contributed by atoms with Gasteiger partial charge in [0.1, 0.15) is 11.6 Å². The fraction of sp³-hybridized carbons (Fsp3) is 1.00. The normalized spacial score (nSPS) is 51.2. The number of hydrogen-bond acceptors (Lipinski definition) is 3. The van der Waals surface area contributed by atoms with Crippen molar-refractivity contribution in [2.75, 3.05) is 0 Å². The van der Waals surface area contributed by atoms with Crippen LogP contribution in [0.4, 0.5) is 0 Å². The molecule has 0 amide bonds. The third-order valence-electron chi connectivity index (χ3n) is 1.93. The van der Waals surface area contributed by atoms with E-state index >= 15 is 0 Å². The second-order valence-electron chi connectivity index (χ2n) is 3.41. The first kappa shape index (κ1) is 5.35. The zero-order valence-corrected chi connectivity index (χ0v) is 5.88. The lowest BCUT2D eigenvalue weighted by Gasteiger charge is -2.08. The van der Waals surface area contributed by atoms with E-state index in [1.807, 2.05) is 20.8 Å². The summed E-state index contributed by atoms with van der Waals surface area (Å²) in [4.78, 5) is 0. The number of hydrogen-bond donors (Lipinski definition) is 0. The number of epoxide rings is 1. The van der Waals surface area contributed by atoms with Gasteiger partial charge in [0.15, 0.2) is 0 Å². The SMILES string of the molecule is CC1(C)N=NC2(C)OC12. The lowest BCUT2D eigenvalue weighted by molar-refractivity contribution is 0.246. The predicted octanol–water partition coefficient (Wildman–Crippen LogP) is 1.35. The highest BCUT2D eigenvalue weighted by molar-refractivity contribution is 5.12. The summed E-state index contributed by atoms with van der Waals surface area (Å²) in [5.74, 6) is 0. The third-order valence-corrected chi connectivity index (χ3v) is 1.93. The Bertz CT molecular complexity index is 187. The van der Waals surface area contributed by atoms with Gasteiger partial charge in [-0.15, -0.1) is 0 Å². The molecule has 0 aliphatic carbocycles. The van der Waals surface area contributed by atoms with E-state index in [0.29, 0.717) is 0 Å². The molecule has 2 aliphatic rings. The van der Waals surface area contributed by atoms with Crippen LogP contribution in [0.3, 0.4) is 0 Å². The Balaban J connectivity index is 2.32. The van der Waals surface area contributed by atoms with E-state index in [1.165, 1.54) is 0 Å². The molecule has 2 heterocycles. The van der Waals surface area contributed by atoms with Crippen molar-refractivity contribution in [1.82, 2.24) is 0 Å². The molecule has 0 aromatic rings. The van der Waals surface area contributed by atoms with Gasteiger partial charge in [0, 0.05) is 0 Å². The Morgan fingerprint density at radius 3 is 2.00 bits per heavy atom. The molecule has 0 saturated carbocycles. The molecule has 2 atom stereocenters. The Kier molecular flexibility index (Phi) is 0.628. The average Bonchev–Trinajstić information content (AvgIpc) is 2.35. The van der Waals surface area contributed by atoms with Crippen LogP contribution >= 0.6 is 0 Å². The molecule has 0 N–H and O–H groups in total. The van der Waals surface area contributed by atoms with Gasteiger partial charge >= 0.3 is 0 Å². The summed E-state index contributed by atoms with van der Waals surface area (Å²) in [5.41, 5.74) is -0.321. The quantitative estimate of drug-likeness (QED) is 0.451. The molecule has 2 aliphatic heterocycles. The van der Waals surface area contributed by atoms with E-state index in [2.05, 4.69) is 10.2 Å². The summed E-state index contributed by atoms with van der Waals surface area (Å²) in [7, 11) is 0. The van der Waals surface area contributed by atoms with Crippen molar-refractivity contribution in [2.45, 2.75) is 38.1 Å². The van der Waals surface area contributed by atoms with Gasteiger partial charge in [0.2, 0.25) is 5.72 Å². The topological polar surface area (TPSA) is 37.2 Å². The molecule has 1 saturated heterocycles. The summed E-state index contributed by atoms with van der Waals surface area (Å²) >= 11 is 0. The standard InChI is InChI=1S/C6H10N2O/c1-5(2)4-6(3,9-4)8-7-5/h4H,1-3H3. The highest BCUT2D eigenvalue weighted by Gasteiger charge is 2.65. The van der Waals surface area contributed by atoms with E-state index < -0.39 is 0 Å². The molecular formula is C6H10N2O. The van der Waals surface area contributed by atoms with Crippen molar-refractivity contribution < 1.29 is 4.74 Å². The molecule has 0 aromatic carbocycles. The zero-order valence-electron chi connectivity index (χ0n) is 5.88. The molecule has 2 unspecified atom stereocenters. The van der Waals surface area contributed by atoms with Crippen LogP contribution in [-0.4, -0.2) is 17.4 Å². The molecule has 9 heavy (non-hydrogen) atoms. The molecule has 3 heteroatoms. The lowest BCUT2D eigenvalue weighted by Crippen LogP contribution is -2.23. The smallest absolute Gasteiger partial charge is 0.205 e. The fourth-order valence-corrected chi connectivity index (χ4v) is 1.36. The Labute approximate surface area is 54.1 Å². The first-order valence-electron chi connectivity index (χ1n) is 3.16. The summed E-state index contributed by atoms with van der Waals surface area (Å²) in [6, 6.07) is 0. The van der Waals surface area contributed by atoms with Gasteiger partial charge in [-0.05, 0) is 20.8 Å². The van der Waals surface area contributed by atoms with Crippen molar-refractivity contribution in [3.63, 3.8) is 0 Å². The van der Waals surface area contributed by atoms with Crippen LogP contribution in [0, 0.1) is 0 Å². The lowest BCUT2D eigenvalue weighted by atomic mass is 10.00. The Hall–Kier alpha value is -0.440. The van der Waals surface area contributed by atoms with E-state index in [9.17, 15) is 0 Å². The number of nitrogens with zero attached hydrogens (tertiary/aromatic N) is 2. The van der Waals surface area contributed by atoms with Gasteiger partial charge in [0.25, 0.3) is 0 Å². The third kappa shape index (κ3) is 0.503. The number of ether oxygens (including phenoxy) is 1. The van der Waals surface area contributed by atoms with Gasteiger partial charge in [-0.2, -0.15) is 10.2 Å². The van der Waals surface area contributed by atoms with Crippen LogP contribution in [0.1, 0.15) is 20.8 Å². The number of rotatable bonds is 0. The van der Waals surface area contributed by atoms with Crippen LogP contribution in [0.2, 0.25) is 0 Å². The average molecular weight is 126 g/mol. The van der Waals surface area contributed by atoms with E-state index in [-0.39, 0.29) is 17.4 Å². The van der Waals surface area contributed by atoms with Crippen LogP contribution in [0.25, 0.3) is 0 Å². The van der Waals surface area contributed by atoms with Gasteiger partial charge in [0.05, 0.1) is 0 Å². The van der Waals surface area contributed by atoms with Crippen LogP contribution < -0.4 is 0 Å². The maximum absolute atomic E-state index is 5.30. The number of azo groups is 1. The van der Waals surface area contributed by atoms with Gasteiger partial charge < -0.3 is 4.74 Å². The zero-order chi connectivity index (χ0) is 6.70. The highest BCUT2D eigenvalue weighted by Crippen LogP contribution is 2.51. The maximum Gasteiger partial charge on any atom is 0.205 e. The summed E-state index contributed by atoms with van der Waals surface area (Å²) in [6.45, 7) is 6.05. The minimum Gasteiger partial charge on any atom is -0.339 e. The van der Waals surface area contributed by atoms with Crippen LogP contribution in [0.5, 0.6) is 0 Å². The van der Waals surface area contributed by atoms with Gasteiger partial charge in [-0.25, -0.2) is 0 Å². The molecule has 3 nitrogen and oxygen atoms in total. The molecule has 0 radical (unpaired) electrons. The molecular weight excluding hydrogens is 116 g/mol. The summed E-state index contributed by atoms with van der Waals surface area (Å²) in [6.07, 6.45) is 0.241. The minimum absolute atomic E-state index is 0.0747. The monoisotopic (exact) mass is 126 g/mol.